The highest BCUT2D eigenvalue weighted by Gasteiger charge is 2.13. The third-order valence-corrected chi connectivity index (χ3v) is 6.75. The summed E-state index contributed by atoms with van der Waals surface area (Å²) in [6.07, 6.45) is 0. The summed E-state index contributed by atoms with van der Waals surface area (Å²) in [7, 11) is 0. The van der Waals surface area contributed by atoms with Gasteiger partial charge in [0.05, 0.1) is 13.1 Å². The number of hydrogen-bond acceptors (Lipinski definition) is 6. The molecule has 46 heavy (non-hydrogen) atoms. The molecule has 0 aliphatic carbocycles. The standard InChI is InChI=1S/C36H34N4O6/c37-35(41)39(43-25-29-7-3-1-4-8-29)23-27-11-15-31(16-12-27)45-33-19-21-34(22-20-33)46-32-17-13-28(14-18-32)24-40(36(38)42)44-26-30-9-5-2-6-10-30/h1-22H,23-26H2,(H2,37,41)(H2,38,42). The molecule has 10 nitrogen and oxygen atoms in total. The van der Waals surface area contributed by atoms with Crippen molar-refractivity contribution >= 4 is 12.1 Å². The Bertz CT molecular complexity index is 1560. The minimum atomic E-state index is -0.673. The molecule has 0 radical (unpaired) electrons. The second kappa shape index (κ2) is 15.8. The van der Waals surface area contributed by atoms with Gasteiger partial charge in [0.15, 0.2) is 0 Å². The van der Waals surface area contributed by atoms with E-state index >= 15 is 0 Å². The number of urea groups is 2. The van der Waals surface area contributed by atoms with Gasteiger partial charge in [-0.2, -0.15) is 10.1 Å². The van der Waals surface area contributed by atoms with Crippen molar-refractivity contribution in [2.45, 2.75) is 26.3 Å². The Morgan fingerprint density at radius 1 is 0.435 bits per heavy atom. The van der Waals surface area contributed by atoms with Gasteiger partial charge in [-0.1, -0.05) is 84.9 Å². The summed E-state index contributed by atoms with van der Waals surface area (Å²) < 4.78 is 11.9. The summed E-state index contributed by atoms with van der Waals surface area (Å²) in [6.45, 7) is 0.856. The third kappa shape index (κ3) is 9.58. The number of amides is 4. The van der Waals surface area contributed by atoms with Crippen LogP contribution in [-0.2, 0) is 36.0 Å². The molecule has 0 fully saturated rings. The first-order chi connectivity index (χ1) is 22.4. The molecule has 10 heteroatoms. The summed E-state index contributed by atoms with van der Waals surface area (Å²) in [6, 6.07) is 39.6. The van der Waals surface area contributed by atoms with Crippen LogP contribution in [0.3, 0.4) is 0 Å². The molecule has 5 aromatic rings. The van der Waals surface area contributed by atoms with E-state index < -0.39 is 12.1 Å². The smallest absolute Gasteiger partial charge is 0.339 e. The lowest BCUT2D eigenvalue weighted by Crippen LogP contribution is -2.35. The minimum Gasteiger partial charge on any atom is -0.457 e. The molecule has 0 saturated carbocycles. The van der Waals surface area contributed by atoms with Crippen molar-refractivity contribution in [3.63, 3.8) is 0 Å². The summed E-state index contributed by atoms with van der Waals surface area (Å²) in [5.41, 5.74) is 14.5. The fraction of sp³-hybridized carbons (Fsp3) is 0.111. The first-order valence-corrected chi connectivity index (χ1v) is 14.5. The molecule has 5 rings (SSSR count). The van der Waals surface area contributed by atoms with Gasteiger partial charge in [-0.3, -0.25) is 9.68 Å². The van der Waals surface area contributed by atoms with Crippen LogP contribution in [0, 0.1) is 0 Å². The van der Waals surface area contributed by atoms with E-state index in [1.165, 1.54) is 0 Å². The van der Waals surface area contributed by atoms with Crippen LogP contribution in [0.25, 0.3) is 0 Å². The van der Waals surface area contributed by atoms with Crippen molar-refractivity contribution in [3.8, 4) is 23.0 Å². The number of carbonyl (C=O) groups excluding carboxylic acids is 2. The zero-order valence-electron chi connectivity index (χ0n) is 25.0. The monoisotopic (exact) mass is 618 g/mol. The van der Waals surface area contributed by atoms with Gasteiger partial charge in [-0.05, 0) is 70.8 Å². The average Bonchev–Trinajstić information content (AvgIpc) is 3.08. The Morgan fingerprint density at radius 2 is 0.739 bits per heavy atom. The van der Waals surface area contributed by atoms with Gasteiger partial charge in [-0.15, -0.1) is 0 Å². The number of rotatable bonds is 14. The zero-order valence-corrected chi connectivity index (χ0v) is 25.0. The first-order valence-electron chi connectivity index (χ1n) is 14.5. The van der Waals surface area contributed by atoms with Gasteiger partial charge in [0, 0.05) is 0 Å². The second-order valence-corrected chi connectivity index (χ2v) is 10.2. The van der Waals surface area contributed by atoms with Gasteiger partial charge < -0.3 is 20.9 Å². The second-order valence-electron chi connectivity index (χ2n) is 10.2. The number of ether oxygens (including phenoxy) is 2. The summed E-state index contributed by atoms with van der Waals surface area (Å²) >= 11 is 0. The maximum Gasteiger partial charge on any atom is 0.339 e. The predicted molar refractivity (Wildman–Crippen MR) is 172 cm³/mol. The first kappa shape index (κ1) is 31.6. The average molecular weight is 619 g/mol. The Morgan fingerprint density at radius 3 is 1.04 bits per heavy atom. The Balaban J connectivity index is 1.10. The van der Waals surface area contributed by atoms with Crippen molar-refractivity contribution in [2.24, 2.45) is 11.5 Å². The number of primary amides is 2. The van der Waals surface area contributed by atoms with Crippen LogP contribution in [0.5, 0.6) is 23.0 Å². The summed E-state index contributed by atoms with van der Waals surface area (Å²) in [5.74, 6) is 2.51. The Hall–Kier alpha value is -5.84. The van der Waals surface area contributed by atoms with Crippen LogP contribution < -0.4 is 20.9 Å². The van der Waals surface area contributed by atoms with Crippen molar-refractivity contribution in [3.05, 3.63) is 156 Å². The minimum absolute atomic E-state index is 0.195. The molecule has 0 heterocycles. The number of hydroxylamine groups is 4. The van der Waals surface area contributed by atoms with Crippen molar-refractivity contribution in [2.75, 3.05) is 0 Å². The summed E-state index contributed by atoms with van der Waals surface area (Å²) in [4.78, 5) is 35.0. The van der Waals surface area contributed by atoms with Crippen LogP contribution >= 0.6 is 0 Å². The number of nitrogens with two attached hydrogens (primary N) is 2. The molecule has 4 amide bonds. The lowest BCUT2D eigenvalue weighted by molar-refractivity contribution is -0.132. The Kier molecular flexibility index (Phi) is 10.8. The van der Waals surface area contributed by atoms with E-state index in [1.54, 1.807) is 24.3 Å². The summed E-state index contributed by atoms with van der Waals surface area (Å²) in [5, 5.41) is 2.26. The highest BCUT2D eigenvalue weighted by atomic mass is 16.7. The molecule has 0 aromatic heterocycles. The molecule has 0 aliphatic rings. The molecular formula is C36H34N4O6. The van der Waals surface area contributed by atoms with Crippen molar-refractivity contribution in [1.82, 2.24) is 10.1 Å². The molecule has 0 bridgehead atoms. The van der Waals surface area contributed by atoms with Gasteiger partial charge >= 0.3 is 12.1 Å². The zero-order chi connectivity index (χ0) is 32.1. The van der Waals surface area contributed by atoms with Crippen LogP contribution in [-0.4, -0.2) is 22.2 Å². The van der Waals surface area contributed by atoms with E-state index in [0.29, 0.717) is 23.0 Å². The fourth-order valence-electron chi connectivity index (χ4n) is 4.33. The van der Waals surface area contributed by atoms with E-state index in [2.05, 4.69) is 0 Å². The molecule has 4 N–H and O–H groups in total. The van der Waals surface area contributed by atoms with Crippen LogP contribution in [0.4, 0.5) is 9.59 Å². The number of benzene rings is 5. The molecule has 0 spiro atoms. The van der Waals surface area contributed by atoms with Gasteiger partial charge in [0.2, 0.25) is 0 Å². The number of nitrogens with zero attached hydrogens (tertiary/aromatic N) is 2. The van der Waals surface area contributed by atoms with Crippen LogP contribution in [0.2, 0.25) is 0 Å². The van der Waals surface area contributed by atoms with Crippen LogP contribution in [0.15, 0.2) is 133 Å². The van der Waals surface area contributed by atoms with Gasteiger partial charge in [0.1, 0.15) is 36.2 Å². The predicted octanol–water partition coefficient (Wildman–Crippen LogP) is 7.30. The lowest BCUT2D eigenvalue weighted by Gasteiger charge is -2.20. The molecule has 0 aliphatic heterocycles. The largest absolute Gasteiger partial charge is 0.457 e. The van der Waals surface area contributed by atoms with E-state index in [9.17, 15) is 9.59 Å². The number of hydrogen-bond donors (Lipinski definition) is 2. The maximum absolute atomic E-state index is 11.9. The molecule has 0 saturated heterocycles. The Labute approximate surface area is 267 Å². The van der Waals surface area contributed by atoms with Crippen molar-refractivity contribution in [1.29, 1.82) is 0 Å². The van der Waals surface area contributed by atoms with Gasteiger partial charge in [0.25, 0.3) is 0 Å². The maximum atomic E-state index is 11.9. The number of carbonyl (C=O) groups is 2. The van der Waals surface area contributed by atoms with Gasteiger partial charge in [-0.25, -0.2) is 9.59 Å². The van der Waals surface area contributed by atoms with Crippen LogP contribution in [0.1, 0.15) is 22.3 Å². The van der Waals surface area contributed by atoms with E-state index in [1.807, 2.05) is 109 Å². The van der Waals surface area contributed by atoms with Crippen molar-refractivity contribution < 1.29 is 28.7 Å². The van der Waals surface area contributed by atoms with E-state index in [-0.39, 0.29) is 26.3 Å². The SMILES string of the molecule is NC(=O)N(Cc1ccc(Oc2ccc(Oc3ccc(CN(OCc4ccccc4)C(N)=O)cc3)cc2)cc1)OCc1ccccc1. The van der Waals surface area contributed by atoms with E-state index in [4.69, 9.17) is 30.6 Å². The third-order valence-electron chi connectivity index (χ3n) is 6.75. The molecule has 0 atom stereocenters. The topological polar surface area (TPSA) is 130 Å². The highest BCUT2D eigenvalue weighted by molar-refractivity contribution is 5.71. The highest BCUT2D eigenvalue weighted by Crippen LogP contribution is 2.27. The normalized spacial score (nSPS) is 10.6. The molecule has 5 aromatic carbocycles. The quantitative estimate of drug-likeness (QED) is 0.126. The molecule has 0 unspecified atom stereocenters. The molecule has 234 valence electrons. The fourth-order valence-corrected chi connectivity index (χ4v) is 4.33. The lowest BCUT2D eigenvalue weighted by atomic mass is 10.2. The molecular weight excluding hydrogens is 584 g/mol. The van der Waals surface area contributed by atoms with E-state index in [0.717, 1.165) is 32.4 Å².